The molecule has 0 radical (unpaired) electrons. The first-order valence-electron chi connectivity index (χ1n) is 6.92. The molecule has 0 aliphatic carbocycles. The summed E-state index contributed by atoms with van der Waals surface area (Å²) in [7, 11) is 5.15. The Bertz CT molecular complexity index is 686. The molecule has 0 N–H and O–H groups in total. The minimum atomic E-state index is -0.149. The van der Waals surface area contributed by atoms with Crippen molar-refractivity contribution in [1.29, 1.82) is 0 Å². The quantitative estimate of drug-likeness (QED) is 0.869. The molecule has 2 aromatic rings. The highest BCUT2D eigenvalue weighted by Gasteiger charge is 2.18. The summed E-state index contributed by atoms with van der Waals surface area (Å²) in [6.07, 6.45) is 1.63. The van der Waals surface area contributed by atoms with E-state index >= 15 is 0 Å². The van der Waals surface area contributed by atoms with E-state index in [1.165, 1.54) is 4.68 Å². The van der Waals surface area contributed by atoms with Crippen molar-refractivity contribution in [3.8, 4) is 5.75 Å². The first kappa shape index (κ1) is 16.4. The number of aryl methyl sites for hydroxylation is 3. The normalized spacial score (nSPS) is 10.6. The summed E-state index contributed by atoms with van der Waals surface area (Å²) in [5, 5.41) is 4.21. The van der Waals surface area contributed by atoms with E-state index in [2.05, 4.69) is 5.10 Å². The van der Waals surface area contributed by atoms with Gasteiger partial charge < -0.3 is 9.64 Å². The number of methoxy groups -OCH3 is 1. The summed E-state index contributed by atoms with van der Waals surface area (Å²) in [6, 6.07) is 4.06. The maximum Gasteiger partial charge on any atom is 0.258 e. The van der Waals surface area contributed by atoms with E-state index in [0.29, 0.717) is 12.1 Å². The highest BCUT2D eigenvalue weighted by molar-refractivity contribution is 6.32. The Hall–Kier alpha value is -2.01. The van der Waals surface area contributed by atoms with Crippen LogP contribution in [0.15, 0.2) is 18.3 Å². The van der Waals surface area contributed by atoms with Crippen LogP contribution >= 0.6 is 11.6 Å². The summed E-state index contributed by atoms with van der Waals surface area (Å²) in [4.78, 5) is 14.1. The van der Waals surface area contributed by atoms with Crippen molar-refractivity contribution in [3.63, 3.8) is 0 Å². The van der Waals surface area contributed by atoms with Crippen LogP contribution in [0, 0.1) is 13.8 Å². The summed E-state index contributed by atoms with van der Waals surface area (Å²) in [6.45, 7) is 4.49. The van der Waals surface area contributed by atoms with Gasteiger partial charge in [0.15, 0.2) is 5.15 Å². The van der Waals surface area contributed by atoms with E-state index in [-0.39, 0.29) is 11.1 Å². The fourth-order valence-electron chi connectivity index (χ4n) is 2.61. The zero-order valence-electron chi connectivity index (χ0n) is 13.5. The van der Waals surface area contributed by atoms with Crippen molar-refractivity contribution < 1.29 is 9.53 Å². The van der Waals surface area contributed by atoms with Crippen LogP contribution in [0.2, 0.25) is 5.15 Å². The van der Waals surface area contributed by atoms with E-state index in [9.17, 15) is 4.79 Å². The fraction of sp³-hybridized carbons (Fsp3) is 0.375. The van der Waals surface area contributed by atoms with Crippen LogP contribution in [0.5, 0.6) is 5.75 Å². The molecule has 0 spiro atoms. The van der Waals surface area contributed by atoms with Crippen molar-refractivity contribution in [2.75, 3.05) is 14.2 Å². The molecule has 1 aromatic heterocycles. The van der Waals surface area contributed by atoms with E-state index in [0.717, 1.165) is 22.4 Å². The lowest BCUT2D eigenvalue weighted by atomic mass is 10.1. The van der Waals surface area contributed by atoms with E-state index in [1.54, 1.807) is 32.3 Å². The molecule has 22 heavy (non-hydrogen) atoms. The highest BCUT2D eigenvalue weighted by atomic mass is 35.5. The molecule has 1 heterocycles. The van der Waals surface area contributed by atoms with Gasteiger partial charge in [0, 0.05) is 26.8 Å². The van der Waals surface area contributed by atoms with Crippen LogP contribution in [0.3, 0.4) is 0 Å². The third-order valence-electron chi connectivity index (χ3n) is 3.50. The Labute approximate surface area is 135 Å². The monoisotopic (exact) mass is 321 g/mol. The number of carbonyl (C=O) groups excluding carboxylic acids is 1. The number of hydrogen-bond donors (Lipinski definition) is 0. The number of amides is 1. The number of rotatable bonds is 4. The SMILES string of the molecule is COc1c(C)cc(CN(C)C(=O)c2cn(C)nc2Cl)cc1C. The van der Waals surface area contributed by atoms with Crippen molar-refractivity contribution in [1.82, 2.24) is 14.7 Å². The number of carbonyl (C=O) groups is 1. The number of nitrogens with zero attached hydrogens (tertiary/aromatic N) is 3. The number of hydrogen-bond acceptors (Lipinski definition) is 3. The molecular formula is C16H20ClN3O2. The Morgan fingerprint density at radius 3 is 2.41 bits per heavy atom. The molecule has 1 aromatic carbocycles. The zero-order valence-corrected chi connectivity index (χ0v) is 14.2. The van der Waals surface area contributed by atoms with Gasteiger partial charge in [-0.1, -0.05) is 23.7 Å². The Balaban J connectivity index is 2.20. The summed E-state index contributed by atoms with van der Waals surface area (Å²) in [5.41, 5.74) is 3.57. The molecule has 0 saturated heterocycles. The average molecular weight is 322 g/mol. The molecule has 0 unspecified atom stereocenters. The molecule has 0 aliphatic heterocycles. The lowest BCUT2D eigenvalue weighted by Gasteiger charge is -2.18. The second-order valence-electron chi connectivity index (χ2n) is 5.43. The Morgan fingerprint density at radius 2 is 1.95 bits per heavy atom. The largest absolute Gasteiger partial charge is 0.496 e. The van der Waals surface area contributed by atoms with Crippen molar-refractivity contribution >= 4 is 17.5 Å². The first-order chi connectivity index (χ1) is 10.3. The summed E-state index contributed by atoms with van der Waals surface area (Å²) in [5.74, 6) is 0.734. The average Bonchev–Trinajstić information content (AvgIpc) is 2.76. The van der Waals surface area contributed by atoms with Gasteiger partial charge in [-0.05, 0) is 30.5 Å². The van der Waals surface area contributed by atoms with Crippen LogP contribution in [-0.4, -0.2) is 34.7 Å². The standard InChI is InChI=1S/C16H20ClN3O2/c1-10-6-12(7-11(2)14(10)22-5)8-19(3)16(21)13-9-20(4)18-15(13)17/h6-7,9H,8H2,1-5H3. The molecule has 0 bridgehead atoms. The molecule has 0 aliphatic rings. The molecule has 0 atom stereocenters. The third-order valence-corrected chi connectivity index (χ3v) is 3.78. The summed E-state index contributed by atoms with van der Waals surface area (Å²) < 4.78 is 6.89. The van der Waals surface area contributed by atoms with Gasteiger partial charge in [-0.15, -0.1) is 0 Å². The Morgan fingerprint density at radius 1 is 1.36 bits per heavy atom. The van der Waals surface area contributed by atoms with E-state index in [4.69, 9.17) is 16.3 Å². The smallest absolute Gasteiger partial charge is 0.258 e. The van der Waals surface area contributed by atoms with Crippen LogP contribution in [0.25, 0.3) is 0 Å². The molecule has 0 fully saturated rings. The minimum absolute atomic E-state index is 0.149. The second kappa shape index (κ2) is 6.40. The predicted octanol–water partition coefficient (Wildman–Crippen LogP) is 2.97. The van der Waals surface area contributed by atoms with Crippen molar-refractivity contribution in [3.05, 3.63) is 45.7 Å². The fourth-order valence-corrected chi connectivity index (χ4v) is 2.86. The molecule has 118 valence electrons. The van der Waals surface area contributed by atoms with Crippen LogP contribution in [-0.2, 0) is 13.6 Å². The van der Waals surface area contributed by atoms with Gasteiger partial charge in [-0.3, -0.25) is 9.48 Å². The van der Waals surface area contributed by atoms with Crippen LogP contribution in [0.1, 0.15) is 27.0 Å². The number of benzene rings is 1. The molecule has 5 nitrogen and oxygen atoms in total. The van der Waals surface area contributed by atoms with Gasteiger partial charge in [0.25, 0.3) is 5.91 Å². The van der Waals surface area contributed by atoms with Crippen molar-refractivity contribution in [2.24, 2.45) is 7.05 Å². The predicted molar refractivity (Wildman–Crippen MR) is 86.5 cm³/mol. The lowest BCUT2D eigenvalue weighted by Crippen LogP contribution is -2.26. The first-order valence-corrected chi connectivity index (χ1v) is 7.30. The molecule has 1 amide bonds. The third kappa shape index (κ3) is 3.25. The van der Waals surface area contributed by atoms with E-state index < -0.39 is 0 Å². The van der Waals surface area contributed by atoms with Gasteiger partial charge in [0.2, 0.25) is 0 Å². The van der Waals surface area contributed by atoms with Gasteiger partial charge >= 0.3 is 0 Å². The van der Waals surface area contributed by atoms with Crippen LogP contribution in [0.4, 0.5) is 0 Å². The minimum Gasteiger partial charge on any atom is -0.496 e. The maximum atomic E-state index is 12.4. The van der Waals surface area contributed by atoms with Gasteiger partial charge in [-0.25, -0.2) is 0 Å². The molecule has 6 heteroatoms. The second-order valence-corrected chi connectivity index (χ2v) is 5.79. The Kier molecular flexibility index (Phi) is 4.76. The number of aromatic nitrogens is 2. The molecule has 0 saturated carbocycles. The van der Waals surface area contributed by atoms with E-state index in [1.807, 2.05) is 26.0 Å². The lowest BCUT2D eigenvalue weighted by molar-refractivity contribution is 0.0785. The summed E-state index contributed by atoms with van der Waals surface area (Å²) >= 11 is 5.98. The number of ether oxygens (including phenoxy) is 1. The maximum absolute atomic E-state index is 12.4. The van der Waals surface area contributed by atoms with Crippen molar-refractivity contribution in [2.45, 2.75) is 20.4 Å². The van der Waals surface area contributed by atoms with Gasteiger partial charge in [0.1, 0.15) is 5.75 Å². The number of halogens is 1. The molecule has 2 rings (SSSR count). The van der Waals surface area contributed by atoms with Gasteiger partial charge in [-0.2, -0.15) is 5.10 Å². The topological polar surface area (TPSA) is 47.4 Å². The van der Waals surface area contributed by atoms with Crippen LogP contribution < -0.4 is 4.74 Å². The zero-order chi connectivity index (χ0) is 16.4. The van der Waals surface area contributed by atoms with Gasteiger partial charge in [0.05, 0.1) is 12.7 Å². The molecular weight excluding hydrogens is 302 g/mol. The highest BCUT2D eigenvalue weighted by Crippen LogP contribution is 2.25.